The first-order chi connectivity index (χ1) is 15.5. The molecule has 32 heavy (non-hydrogen) atoms. The summed E-state index contributed by atoms with van der Waals surface area (Å²) in [6.07, 6.45) is 3.70. The average molecular weight is 475 g/mol. The van der Waals surface area contributed by atoms with E-state index in [-0.39, 0.29) is 18.0 Å². The zero-order valence-electron chi connectivity index (χ0n) is 17.9. The first-order valence-corrected chi connectivity index (χ1v) is 11.5. The predicted molar refractivity (Wildman–Crippen MR) is 123 cm³/mol. The van der Waals surface area contributed by atoms with Crippen molar-refractivity contribution in [3.05, 3.63) is 40.0 Å². The lowest BCUT2D eigenvalue weighted by molar-refractivity contribution is -0.125. The van der Waals surface area contributed by atoms with Gasteiger partial charge in [-0.25, -0.2) is 14.6 Å². The van der Waals surface area contributed by atoms with Gasteiger partial charge in [0.05, 0.1) is 18.3 Å². The number of likely N-dealkylation sites (tertiary alicyclic amines) is 1. The molecule has 168 valence electrons. The summed E-state index contributed by atoms with van der Waals surface area (Å²) in [6, 6.07) is 5.54. The third kappa shape index (κ3) is 3.68. The minimum atomic E-state index is -0.184. The Morgan fingerprint density at radius 1 is 1.28 bits per heavy atom. The number of aromatic nitrogens is 5. The molecule has 1 N–H and O–H groups in total. The summed E-state index contributed by atoms with van der Waals surface area (Å²) in [5.41, 5.74) is 1.98. The number of hydrogen-bond donors (Lipinski definition) is 1. The Labute approximate surface area is 195 Å². The van der Waals surface area contributed by atoms with Crippen molar-refractivity contribution in [2.45, 2.75) is 37.9 Å². The van der Waals surface area contributed by atoms with Crippen LogP contribution in [-0.2, 0) is 4.79 Å². The molecule has 2 aliphatic rings. The number of rotatable bonds is 5. The number of hydrogen-bond acceptors (Lipinski definition) is 7. The van der Waals surface area contributed by atoms with E-state index in [1.807, 2.05) is 13.0 Å². The zero-order valence-corrected chi connectivity index (χ0v) is 19.4. The SMILES string of the molecule is CNC(=O)C1CCCN1C1CN(c2cnc3nnn([C@H](C)c4ccc(Cl)cc4Cl)c3n2)C1. The molecule has 2 aliphatic heterocycles. The summed E-state index contributed by atoms with van der Waals surface area (Å²) in [7, 11) is 1.70. The highest BCUT2D eigenvalue weighted by atomic mass is 35.5. The van der Waals surface area contributed by atoms with Crippen molar-refractivity contribution in [2.24, 2.45) is 0 Å². The third-order valence-corrected chi connectivity index (χ3v) is 7.02. The van der Waals surface area contributed by atoms with Gasteiger partial charge in [-0.05, 0) is 44.0 Å². The van der Waals surface area contributed by atoms with Crippen molar-refractivity contribution in [2.75, 3.05) is 31.6 Å². The quantitative estimate of drug-likeness (QED) is 0.607. The van der Waals surface area contributed by atoms with E-state index in [0.717, 1.165) is 43.9 Å². The van der Waals surface area contributed by atoms with Gasteiger partial charge in [0, 0.05) is 36.2 Å². The molecule has 2 fully saturated rings. The summed E-state index contributed by atoms with van der Waals surface area (Å²) >= 11 is 12.4. The van der Waals surface area contributed by atoms with E-state index in [1.54, 1.807) is 30.1 Å². The van der Waals surface area contributed by atoms with E-state index in [2.05, 4.69) is 30.4 Å². The van der Waals surface area contributed by atoms with Crippen molar-refractivity contribution < 1.29 is 4.79 Å². The molecule has 4 heterocycles. The number of carbonyl (C=O) groups excluding carboxylic acids is 1. The van der Waals surface area contributed by atoms with E-state index in [9.17, 15) is 4.79 Å². The normalized spacial score (nSPS) is 20.5. The lowest BCUT2D eigenvalue weighted by atomic mass is 10.1. The number of carbonyl (C=O) groups is 1. The van der Waals surface area contributed by atoms with Gasteiger partial charge in [0.15, 0.2) is 0 Å². The van der Waals surface area contributed by atoms with Gasteiger partial charge in [-0.2, -0.15) is 0 Å². The van der Waals surface area contributed by atoms with Gasteiger partial charge in [0.1, 0.15) is 5.82 Å². The molecule has 3 aromatic rings. The molecule has 2 aromatic heterocycles. The van der Waals surface area contributed by atoms with Crippen LogP contribution in [0.2, 0.25) is 10.0 Å². The Bertz CT molecular complexity index is 1160. The van der Waals surface area contributed by atoms with Crippen molar-refractivity contribution in [1.82, 2.24) is 35.2 Å². The van der Waals surface area contributed by atoms with Crippen molar-refractivity contribution >= 4 is 46.2 Å². The van der Waals surface area contributed by atoms with Gasteiger partial charge >= 0.3 is 0 Å². The average Bonchev–Trinajstić information content (AvgIpc) is 3.39. The van der Waals surface area contributed by atoms with Crippen LogP contribution in [0.4, 0.5) is 5.82 Å². The number of anilines is 1. The highest BCUT2D eigenvalue weighted by Gasteiger charge is 2.41. The number of halogens is 2. The largest absolute Gasteiger partial charge is 0.358 e. The minimum Gasteiger partial charge on any atom is -0.358 e. The van der Waals surface area contributed by atoms with Crippen LogP contribution in [0.15, 0.2) is 24.4 Å². The summed E-state index contributed by atoms with van der Waals surface area (Å²) in [6.45, 7) is 4.57. The summed E-state index contributed by atoms with van der Waals surface area (Å²) in [5.74, 6) is 0.884. The highest BCUT2D eigenvalue weighted by Crippen LogP contribution is 2.31. The van der Waals surface area contributed by atoms with Crippen LogP contribution in [0.3, 0.4) is 0 Å². The zero-order chi connectivity index (χ0) is 22.4. The maximum Gasteiger partial charge on any atom is 0.237 e. The number of nitrogens with one attached hydrogen (secondary N) is 1. The molecule has 0 spiro atoms. The fourth-order valence-electron chi connectivity index (χ4n) is 4.63. The topological polar surface area (TPSA) is 92.1 Å². The third-order valence-electron chi connectivity index (χ3n) is 6.45. The molecular weight excluding hydrogens is 451 g/mol. The molecule has 2 saturated heterocycles. The first kappa shape index (κ1) is 21.4. The van der Waals surface area contributed by atoms with Crippen molar-refractivity contribution in [1.29, 1.82) is 0 Å². The van der Waals surface area contributed by atoms with E-state index in [4.69, 9.17) is 28.2 Å². The number of benzene rings is 1. The molecule has 1 aromatic carbocycles. The molecule has 1 amide bonds. The van der Waals surface area contributed by atoms with Crippen LogP contribution in [0, 0.1) is 0 Å². The van der Waals surface area contributed by atoms with Gasteiger partial charge in [0.2, 0.25) is 17.2 Å². The fraction of sp³-hybridized carbons (Fsp3) is 0.476. The number of nitrogens with zero attached hydrogens (tertiary/aromatic N) is 7. The second-order valence-corrected chi connectivity index (χ2v) is 9.16. The molecule has 2 atom stereocenters. The second kappa shape index (κ2) is 8.46. The minimum absolute atomic E-state index is 0.0312. The van der Waals surface area contributed by atoms with E-state index >= 15 is 0 Å². The van der Waals surface area contributed by atoms with Gasteiger partial charge in [-0.15, -0.1) is 5.10 Å². The maximum absolute atomic E-state index is 12.2. The van der Waals surface area contributed by atoms with Crippen LogP contribution in [0.25, 0.3) is 11.3 Å². The monoisotopic (exact) mass is 474 g/mol. The summed E-state index contributed by atoms with van der Waals surface area (Å²) in [5, 5.41) is 12.4. The lowest BCUT2D eigenvalue weighted by Gasteiger charge is -2.46. The molecule has 0 saturated carbocycles. The Morgan fingerprint density at radius 3 is 2.84 bits per heavy atom. The maximum atomic E-state index is 12.2. The van der Waals surface area contributed by atoms with Crippen LogP contribution < -0.4 is 10.2 Å². The number of amides is 1. The van der Waals surface area contributed by atoms with Crippen molar-refractivity contribution in [3.8, 4) is 0 Å². The van der Waals surface area contributed by atoms with Gasteiger partial charge in [-0.3, -0.25) is 9.69 Å². The predicted octanol–water partition coefficient (Wildman–Crippen LogP) is 2.54. The molecule has 9 nitrogen and oxygen atoms in total. The van der Waals surface area contributed by atoms with E-state index < -0.39 is 0 Å². The second-order valence-electron chi connectivity index (χ2n) is 8.32. The first-order valence-electron chi connectivity index (χ1n) is 10.7. The smallest absolute Gasteiger partial charge is 0.237 e. The molecular formula is C21H24Cl2N8O. The Balaban J connectivity index is 1.35. The van der Waals surface area contributed by atoms with Crippen LogP contribution in [0.5, 0.6) is 0 Å². The molecule has 0 radical (unpaired) electrons. The number of fused-ring (bicyclic) bond motifs is 1. The molecule has 5 rings (SSSR count). The van der Waals surface area contributed by atoms with Crippen LogP contribution in [0.1, 0.15) is 31.4 Å². The summed E-state index contributed by atoms with van der Waals surface area (Å²) in [4.78, 5) is 26.0. The number of likely N-dealkylation sites (N-methyl/N-ethyl adjacent to an activating group) is 1. The van der Waals surface area contributed by atoms with E-state index in [0.29, 0.717) is 27.4 Å². The molecule has 11 heteroatoms. The van der Waals surface area contributed by atoms with Crippen molar-refractivity contribution in [3.63, 3.8) is 0 Å². The Hall–Kier alpha value is -2.49. The Kier molecular flexibility index (Phi) is 5.65. The molecule has 0 bridgehead atoms. The van der Waals surface area contributed by atoms with Gasteiger partial charge in [-0.1, -0.05) is 34.5 Å². The van der Waals surface area contributed by atoms with Gasteiger partial charge in [0.25, 0.3) is 0 Å². The van der Waals surface area contributed by atoms with Gasteiger partial charge < -0.3 is 10.2 Å². The summed E-state index contributed by atoms with van der Waals surface area (Å²) < 4.78 is 1.74. The molecule has 1 unspecified atom stereocenters. The Morgan fingerprint density at radius 2 is 2.09 bits per heavy atom. The standard InChI is InChI=1S/C21H24Cl2N8O/c1-12(15-6-5-13(22)8-16(15)23)31-20-19(27-28-31)25-9-18(26-20)29-10-14(11-29)30-7-3-4-17(30)21(32)24-2/h5-6,8-9,12,14,17H,3-4,7,10-11H2,1-2H3,(H,24,32)/t12-,17?/m1/s1. The van der Waals surface area contributed by atoms with Crippen LogP contribution >= 0.6 is 23.2 Å². The highest BCUT2D eigenvalue weighted by molar-refractivity contribution is 6.35. The lowest BCUT2D eigenvalue weighted by Crippen LogP contribution is -2.62. The van der Waals surface area contributed by atoms with E-state index in [1.165, 1.54) is 0 Å². The fourth-order valence-corrected chi connectivity index (χ4v) is 5.20. The molecule has 0 aliphatic carbocycles. The van der Waals surface area contributed by atoms with Crippen LogP contribution in [-0.4, -0.2) is 74.5 Å².